The molecule has 2 rings (SSSR count). The van der Waals surface area contributed by atoms with Crippen LogP contribution >= 0.6 is 0 Å². The molecule has 1 aliphatic heterocycles. The average Bonchev–Trinajstić information content (AvgIpc) is 2.33. The van der Waals surface area contributed by atoms with Gasteiger partial charge in [-0.05, 0) is 18.4 Å². The highest BCUT2D eigenvalue weighted by atomic mass is 16.5. The molecule has 0 aliphatic carbocycles. The van der Waals surface area contributed by atoms with Crippen LogP contribution < -0.4 is 5.32 Å². The van der Waals surface area contributed by atoms with Crippen molar-refractivity contribution < 1.29 is 9.53 Å². The summed E-state index contributed by atoms with van der Waals surface area (Å²) in [6.45, 7) is 6.38. The first-order valence-electron chi connectivity index (χ1n) is 6.04. The van der Waals surface area contributed by atoms with Crippen LogP contribution in [-0.2, 0) is 9.53 Å². The molecular formula is C14H19NO2. The van der Waals surface area contributed by atoms with Crippen molar-refractivity contribution in [1.82, 2.24) is 5.32 Å². The molecule has 17 heavy (non-hydrogen) atoms. The minimum atomic E-state index is -0.598. The zero-order chi connectivity index (χ0) is 12.5. The summed E-state index contributed by atoms with van der Waals surface area (Å²) in [5.74, 6) is 0.0428. The molecule has 3 nitrogen and oxygen atoms in total. The molecule has 0 bridgehead atoms. The van der Waals surface area contributed by atoms with E-state index in [9.17, 15) is 4.79 Å². The lowest BCUT2D eigenvalue weighted by Crippen LogP contribution is -2.60. The summed E-state index contributed by atoms with van der Waals surface area (Å²) in [7, 11) is 0. The van der Waals surface area contributed by atoms with Gasteiger partial charge in [-0.15, -0.1) is 0 Å². The lowest BCUT2D eigenvalue weighted by Gasteiger charge is -2.40. The highest BCUT2D eigenvalue weighted by Crippen LogP contribution is 2.28. The predicted octanol–water partition coefficient (Wildman–Crippen LogP) is 2.29. The molecule has 0 aromatic heterocycles. The Morgan fingerprint density at radius 1 is 1.35 bits per heavy atom. The van der Waals surface area contributed by atoms with Gasteiger partial charge in [0.05, 0.1) is 6.04 Å². The molecule has 1 aromatic rings. The van der Waals surface area contributed by atoms with Gasteiger partial charge in [-0.2, -0.15) is 0 Å². The molecule has 0 saturated carbocycles. The Kier molecular flexibility index (Phi) is 3.20. The summed E-state index contributed by atoms with van der Waals surface area (Å²) < 4.78 is 5.32. The van der Waals surface area contributed by atoms with E-state index in [-0.39, 0.29) is 17.9 Å². The van der Waals surface area contributed by atoms with Crippen molar-refractivity contribution in [3.8, 4) is 0 Å². The second-order valence-corrected chi connectivity index (χ2v) is 5.06. The Morgan fingerprint density at radius 3 is 2.59 bits per heavy atom. The second kappa shape index (κ2) is 4.49. The maximum absolute atomic E-state index is 11.8. The van der Waals surface area contributed by atoms with Crippen molar-refractivity contribution >= 4 is 5.97 Å². The van der Waals surface area contributed by atoms with Gasteiger partial charge in [0.2, 0.25) is 0 Å². The summed E-state index contributed by atoms with van der Waals surface area (Å²) in [6, 6.07) is 10.2. The number of nitrogens with one attached hydrogen (secondary N) is 1. The van der Waals surface area contributed by atoms with Crippen LogP contribution in [0.15, 0.2) is 30.3 Å². The number of carbonyl (C=O) groups is 1. The van der Waals surface area contributed by atoms with Crippen LogP contribution in [0.3, 0.4) is 0 Å². The van der Waals surface area contributed by atoms with Gasteiger partial charge in [-0.1, -0.05) is 44.2 Å². The molecule has 92 valence electrons. The Balaban J connectivity index is 2.22. The van der Waals surface area contributed by atoms with Gasteiger partial charge < -0.3 is 4.74 Å². The van der Waals surface area contributed by atoms with E-state index < -0.39 is 5.54 Å². The van der Waals surface area contributed by atoms with E-state index in [1.54, 1.807) is 0 Å². The molecule has 3 heteroatoms. The Hall–Kier alpha value is -1.35. The summed E-state index contributed by atoms with van der Waals surface area (Å²) >= 11 is 0. The third kappa shape index (κ3) is 2.20. The van der Waals surface area contributed by atoms with Gasteiger partial charge in [0.1, 0.15) is 12.1 Å². The van der Waals surface area contributed by atoms with Gasteiger partial charge in [0.15, 0.2) is 0 Å². The molecular weight excluding hydrogens is 214 g/mol. The smallest absolute Gasteiger partial charge is 0.326 e. The monoisotopic (exact) mass is 233 g/mol. The molecule has 1 saturated heterocycles. The summed E-state index contributed by atoms with van der Waals surface area (Å²) in [6.07, 6.45) is 0. The summed E-state index contributed by atoms with van der Waals surface area (Å²) in [5, 5.41) is 3.42. The minimum Gasteiger partial charge on any atom is -0.462 e. The van der Waals surface area contributed by atoms with Crippen LogP contribution in [0.5, 0.6) is 0 Å². The van der Waals surface area contributed by atoms with Crippen LogP contribution in [-0.4, -0.2) is 18.1 Å². The standard InChI is InChI=1S/C14H19NO2/c1-10(2)14(3)13(16)17-9-12(15-14)11-7-5-4-6-8-11/h4-8,10,12,15H,9H2,1-3H3/t12-,14+/m0/s1. The SMILES string of the molecule is CC(C)[C@@]1(C)N[C@H](c2ccccc2)COC1=O. The van der Waals surface area contributed by atoms with Crippen LogP contribution in [0.1, 0.15) is 32.4 Å². The van der Waals surface area contributed by atoms with Gasteiger partial charge in [0, 0.05) is 0 Å². The topological polar surface area (TPSA) is 38.3 Å². The van der Waals surface area contributed by atoms with Crippen molar-refractivity contribution in [3.63, 3.8) is 0 Å². The maximum atomic E-state index is 11.8. The van der Waals surface area contributed by atoms with E-state index in [4.69, 9.17) is 4.74 Å². The highest BCUT2D eigenvalue weighted by Gasteiger charge is 2.43. The third-order valence-electron chi connectivity index (χ3n) is 3.64. The van der Waals surface area contributed by atoms with Crippen LogP contribution in [0.2, 0.25) is 0 Å². The van der Waals surface area contributed by atoms with Crippen molar-refractivity contribution in [2.75, 3.05) is 6.61 Å². The first-order valence-corrected chi connectivity index (χ1v) is 6.04. The highest BCUT2D eigenvalue weighted by molar-refractivity contribution is 5.81. The molecule has 1 aliphatic rings. The number of benzene rings is 1. The van der Waals surface area contributed by atoms with E-state index in [0.29, 0.717) is 6.61 Å². The predicted molar refractivity (Wildman–Crippen MR) is 66.5 cm³/mol. The molecule has 1 aromatic carbocycles. The fraction of sp³-hybridized carbons (Fsp3) is 0.500. The average molecular weight is 233 g/mol. The van der Waals surface area contributed by atoms with Gasteiger partial charge >= 0.3 is 5.97 Å². The number of cyclic esters (lactones) is 1. The van der Waals surface area contributed by atoms with Crippen molar-refractivity contribution in [2.24, 2.45) is 5.92 Å². The third-order valence-corrected chi connectivity index (χ3v) is 3.64. The molecule has 0 unspecified atom stereocenters. The number of ether oxygens (including phenoxy) is 1. The first-order chi connectivity index (χ1) is 8.04. The quantitative estimate of drug-likeness (QED) is 0.796. The largest absolute Gasteiger partial charge is 0.462 e. The number of esters is 1. The number of hydrogen-bond acceptors (Lipinski definition) is 3. The van der Waals surface area contributed by atoms with E-state index in [1.807, 2.05) is 39.0 Å². The normalized spacial score (nSPS) is 29.2. The van der Waals surface area contributed by atoms with Gasteiger partial charge in [-0.3, -0.25) is 10.1 Å². The van der Waals surface area contributed by atoms with E-state index >= 15 is 0 Å². The summed E-state index contributed by atoms with van der Waals surface area (Å²) in [5.41, 5.74) is 0.561. The van der Waals surface area contributed by atoms with Crippen LogP contribution in [0, 0.1) is 5.92 Å². The number of hydrogen-bond donors (Lipinski definition) is 1. The molecule has 1 fully saturated rings. The van der Waals surface area contributed by atoms with E-state index in [2.05, 4.69) is 17.4 Å². The summed E-state index contributed by atoms with van der Waals surface area (Å²) in [4.78, 5) is 11.8. The zero-order valence-electron chi connectivity index (χ0n) is 10.6. The van der Waals surface area contributed by atoms with Gasteiger partial charge in [0.25, 0.3) is 0 Å². The Labute approximate surface area is 102 Å². The zero-order valence-corrected chi connectivity index (χ0v) is 10.6. The number of rotatable bonds is 2. The Bertz CT molecular complexity index is 402. The second-order valence-electron chi connectivity index (χ2n) is 5.06. The van der Waals surface area contributed by atoms with Crippen molar-refractivity contribution in [2.45, 2.75) is 32.4 Å². The molecule has 0 amide bonds. The van der Waals surface area contributed by atoms with Gasteiger partial charge in [-0.25, -0.2) is 0 Å². The molecule has 0 spiro atoms. The fourth-order valence-electron chi connectivity index (χ4n) is 2.04. The molecule has 2 atom stereocenters. The molecule has 1 N–H and O–H groups in total. The lowest BCUT2D eigenvalue weighted by atomic mass is 9.85. The number of carbonyl (C=O) groups excluding carboxylic acids is 1. The van der Waals surface area contributed by atoms with Crippen molar-refractivity contribution in [3.05, 3.63) is 35.9 Å². The molecule has 1 heterocycles. The number of morpholine rings is 1. The van der Waals surface area contributed by atoms with Crippen molar-refractivity contribution in [1.29, 1.82) is 0 Å². The first kappa shape index (κ1) is 12.1. The lowest BCUT2D eigenvalue weighted by molar-refractivity contribution is -0.160. The Morgan fingerprint density at radius 2 is 2.00 bits per heavy atom. The van der Waals surface area contributed by atoms with E-state index in [0.717, 1.165) is 5.56 Å². The van der Waals surface area contributed by atoms with Crippen LogP contribution in [0.25, 0.3) is 0 Å². The fourth-order valence-corrected chi connectivity index (χ4v) is 2.04. The molecule has 0 radical (unpaired) electrons. The minimum absolute atomic E-state index is 0.0845. The van der Waals surface area contributed by atoms with E-state index in [1.165, 1.54) is 0 Å². The van der Waals surface area contributed by atoms with Crippen LogP contribution in [0.4, 0.5) is 0 Å². The maximum Gasteiger partial charge on any atom is 0.326 e.